The van der Waals surface area contributed by atoms with Gasteiger partial charge in [-0.25, -0.2) is 0 Å². The molecular formula is C60H33IrN6. The molecule has 3 aromatic heterocycles. The van der Waals surface area contributed by atoms with Crippen LogP contribution in [0.15, 0.2) is 201 Å². The molecule has 0 saturated carbocycles. The maximum Gasteiger partial charge on any atom is 3.00 e. The topological polar surface area (TPSA) is 90.6 Å². The molecule has 3 heterocycles. The van der Waals surface area contributed by atoms with Gasteiger partial charge in [0.15, 0.2) is 0 Å². The van der Waals surface area contributed by atoms with Gasteiger partial charge in [-0.15, -0.1) is 83.4 Å². The van der Waals surface area contributed by atoms with E-state index in [-0.39, 0.29) is 20.1 Å². The Hall–Kier alpha value is -8.89. The summed E-state index contributed by atoms with van der Waals surface area (Å²) >= 11 is 0. The summed E-state index contributed by atoms with van der Waals surface area (Å²) in [6.45, 7) is 7.47. The second-order valence-electron chi connectivity index (χ2n) is 15.5. The number of nitriles is 2. The van der Waals surface area contributed by atoms with Crippen LogP contribution in [0.1, 0.15) is 11.1 Å². The van der Waals surface area contributed by atoms with Crippen molar-refractivity contribution in [2.45, 2.75) is 0 Å². The molecule has 0 spiro atoms. The van der Waals surface area contributed by atoms with Crippen LogP contribution in [0.25, 0.3) is 105 Å². The van der Waals surface area contributed by atoms with Crippen LogP contribution in [0, 0.1) is 47.4 Å². The van der Waals surface area contributed by atoms with E-state index in [1.165, 1.54) is 0 Å². The molecule has 0 fully saturated rings. The summed E-state index contributed by atoms with van der Waals surface area (Å²) in [5.74, 6) is 0. The van der Waals surface area contributed by atoms with Crippen molar-refractivity contribution < 1.29 is 20.1 Å². The molecule has 0 aliphatic carbocycles. The molecule has 7 aromatic carbocycles. The largest absolute Gasteiger partial charge is 3.00 e. The zero-order valence-corrected chi connectivity index (χ0v) is 38.0. The van der Waals surface area contributed by atoms with Crippen LogP contribution in [-0.2, 0) is 20.1 Å². The Morgan fingerprint density at radius 3 is 1.03 bits per heavy atom. The normalized spacial score (nSPS) is 10.5. The van der Waals surface area contributed by atoms with Crippen molar-refractivity contribution in [3.63, 3.8) is 0 Å². The molecule has 7 heteroatoms. The zero-order chi connectivity index (χ0) is 44.8. The van der Waals surface area contributed by atoms with Crippen molar-refractivity contribution in [2.75, 3.05) is 0 Å². The van der Waals surface area contributed by atoms with Crippen molar-refractivity contribution in [1.82, 2.24) is 15.0 Å². The second-order valence-corrected chi connectivity index (χ2v) is 15.5. The standard InChI is InChI=1S/C60H33N6.Ir/c1-63-51-16-10-15-44(34-51)60-28-25-47(39-66-60)54-19-4-7-22-57(54)50-32-48(55-20-5-2-17-52(55)45-23-26-58(64-37-45)42-13-8-11-40(29-42)35-61)31-49(33-50)56-21-6-3-18-53(56)46-24-27-59(65-38-46)43-14-9-12-41(30-43)36-62;/h2-12,16-34,37-39H;/q-3;+3. The maximum atomic E-state index is 9.49. The van der Waals surface area contributed by atoms with Crippen LogP contribution >= 0.6 is 0 Å². The average Bonchev–Trinajstić information content (AvgIpc) is 3.41. The molecule has 0 amide bonds. The molecule has 0 radical (unpaired) electrons. The fourth-order valence-corrected chi connectivity index (χ4v) is 8.23. The SMILES string of the molecule is [C-]#[N+]c1cc[c-]c(-c2ccc(-c3ccccc3-c3cc(-c4ccccc4-c4ccc(-c5[c-]ccc(C#N)c5)nc4)cc(-c4ccccc4-c4ccc(-c5[c-]ccc(C#N)c5)nc4)c3)cn2)c1.[Ir+3]. The first kappa shape index (κ1) is 43.4. The van der Waals surface area contributed by atoms with Crippen LogP contribution in [0.2, 0.25) is 0 Å². The van der Waals surface area contributed by atoms with Crippen LogP contribution in [0.3, 0.4) is 0 Å². The fourth-order valence-electron chi connectivity index (χ4n) is 8.23. The molecule has 10 rings (SSSR count). The molecule has 0 atom stereocenters. The summed E-state index contributed by atoms with van der Waals surface area (Å²) in [6, 6.07) is 74.0. The first-order chi connectivity index (χ1) is 32.5. The summed E-state index contributed by atoms with van der Waals surface area (Å²) in [6.07, 6.45) is 5.65. The van der Waals surface area contributed by atoms with Gasteiger partial charge in [0, 0.05) is 18.6 Å². The minimum absolute atomic E-state index is 0. The Kier molecular flexibility index (Phi) is 12.6. The summed E-state index contributed by atoms with van der Waals surface area (Å²) < 4.78 is 0. The third kappa shape index (κ3) is 9.09. The van der Waals surface area contributed by atoms with Crippen LogP contribution < -0.4 is 0 Å². The third-order valence-corrected chi connectivity index (χ3v) is 11.5. The van der Waals surface area contributed by atoms with Crippen molar-refractivity contribution in [1.29, 1.82) is 10.5 Å². The molecule has 10 aromatic rings. The van der Waals surface area contributed by atoms with E-state index in [0.29, 0.717) is 16.8 Å². The van der Waals surface area contributed by atoms with E-state index in [9.17, 15) is 10.5 Å². The number of nitrogens with zero attached hydrogens (tertiary/aromatic N) is 6. The number of benzene rings is 7. The van der Waals surface area contributed by atoms with Gasteiger partial charge in [-0.1, -0.05) is 109 Å². The molecule has 6 nitrogen and oxygen atoms in total. The maximum absolute atomic E-state index is 9.49. The first-order valence-electron chi connectivity index (χ1n) is 21.1. The van der Waals surface area contributed by atoms with Crippen molar-refractivity contribution >= 4 is 5.69 Å². The number of rotatable bonds is 9. The minimum atomic E-state index is 0. The van der Waals surface area contributed by atoms with E-state index in [1.54, 1.807) is 54.6 Å². The van der Waals surface area contributed by atoms with Gasteiger partial charge in [0.05, 0.1) is 18.7 Å². The Bertz CT molecular complexity index is 3170. The molecular weight excluding hydrogens is 997 g/mol. The van der Waals surface area contributed by atoms with Gasteiger partial charge < -0.3 is 15.0 Å². The van der Waals surface area contributed by atoms with Gasteiger partial charge in [-0.3, -0.25) is 4.85 Å². The average molecular weight is 1030 g/mol. The Balaban J connectivity index is 0.00000562. The Morgan fingerprint density at radius 1 is 0.388 bits per heavy atom. The third-order valence-electron chi connectivity index (χ3n) is 11.5. The van der Waals surface area contributed by atoms with E-state index in [0.717, 1.165) is 101 Å². The van der Waals surface area contributed by atoms with E-state index < -0.39 is 0 Å². The van der Waals surface area contributed by atoms with Crippen molar-refractivity contribution in [3.8, 4) is 113 Å². The fraction of sp³-hybridized carbons (Fsp3) is 0. The van der Waals surface area contributed by atoms with E-state index in [1.807, 2.05) is 55.0 Å². The van der Waals surface area contributed by atoms with Gasteiger partial charge in [0.1, 0.15) is 5.69 Å². The number of aromatic nitrogens is 3. The molecule has 312 valence electrons. The smallest absolute Gasteiger partial charge is 0.304 e. The second kappa shape index (κ2) is 19.5. The zero-order valence-electron chi connectivity index (χ0n) is 35.6. The Morgan fingerprint density at radius 2 is 0.716 bits per heavy atom. The quantitative estimate of drug-likeness (QED) is 0.134. The van der Waals surface area contributed by atoms with Crippen LogP contribution in [0.5, 0.6) is 0 Å². The molecule has 0 unspecified atom stereocenters. The van der Waals surface area contributed by atoms with Crippen LogP contribution in [0.4, 0.5) is 5.69 Å². The Labute approximate surface area is 403 Å². The monoisotopic (exact) mass is 1030 g/mol. The molecule has 67 heavy (non-hydrogen) atoms. The number of pyridine rings is 3. The summed E-state index contributed by atoms with van der Waals surface area (Å²) in [5.41, 5.74) is 18.3. The first-order valence-corrected chi connectivity index (χ1v) is 21.1. The van der Waals surface area contributed by atoms with Gasteiger partial charge in [0.2, 0.25) is 0 Å². The predicted molar refractivity (Wildman–Crippen MR) is 261 cm³/mol. The molecule has 0 aliphatic heterocycles. The molecule has 0 N–H and O–H groups in total. The summed E-state index contributed by atoms with van der Waals surface area (Å²) in [4.78, 5) is 18.1. The minimum Gasteiger partial charge on any atom is -0.304 e. The van der Waals surface area contributed by atoms with E-state index in [4.69, 9.17) is 21.5 Å². The van der Waals surface area contributed by atoms with Gasteiger partial charge in [-0.05, 0) is 113 Å². The number of hydrogen-bond donors (Lipinski definition) is 0. The molecule has 0 bridgehead atoms. The van der Waals surface area contributed by atoms with Crippen molar-refractivity contribution in [3.05, 3.63) is 241 Å². The number of hydrogen-bond acceptors (Lipinski definition) is 5. The molecule has 0 saturated heterocycles. The van der Waals surface area contributed by atoms with Gasteiger partial charge in [-0.2, -0.15) is 16.6 Å². The summed E-state index contributed by atoms with van der Waals surface area (Å²) in [5, 5.41) is 19.0. The predicted octanol–water partition coefficient (Wildman–Crippen LogP) is 14.6. The van der Waals surface area contributed by atoms with E-state index in [2.05, 4.69) is 126 Å². The van der Waals surface area contributed by atoms with Crippen molar-refractivity contribution in [2.24, 2.45) is 0 Å². The van der Waals surface area contributed by atoms with Gasteiger partial charge >= 0.3 is 20.1 Å². The summed E-state index contributed by atoms with van der Waals surface area (Å²) in [7, 11) is 0. The van der Waals surface area contributed by atoms with Gasteiger partial charge in [0.25, 0.3) is 0 Å². The molecule has 0 aliphatic rings. The van der Waals surface area contributed by atoms with E-state index >= 15 is 0 Å². The van der Waals surface area contributed by atoms with Crippen LogP contribution in [-0.4, -0.2) is 15.0 Å².